The molecule has 0 aromatic heterocycles. The van der Waals surface area contributed by atoms with Crippen molar-refractivity contribution in [2.75, 3.05) is 19.8 Å². The van der Waals surface area contributed by atoms with Crippen LogP contribution in [0.1, 0.15) is 107 Å². The number of hydrogen-bond acceptors (Lipinski definition) is 4. The van der Waals surface area contributed by atoms with Crippen molar-refractivity contribution in [3.63, 3.8) is 0 Å². The molecule has 3 aromatic carbocycles. The van der Waals surface area contributed by atoms with E-state index in [9.17, 15) is 9.90 Å². The summed E-state index contributed by atoms with van der Waals surface area (Å²) in [6.45, 7) is 10.8. The number of esters is 1. The minimum absolute atomic E-state index is 0.150. The molecule has 0 bridgehead atoms. The van der Waals surface area contributed by atoms with Crippen LogP contribution in [-0.4, -0.2) is 30.9 Å². The summed E-state index contributed by atoms with van der Waals surface area (Å²) < 4.78 is 11.4. The molecule has 0 aliphatic heterocycles. The first-order valence-corrected chi connectivity index (χ1v) is 17.3. The van der Waals surface area contributed by atoms with Crippen molar-refractivity contribution in [3.05, 3.63) is 89.5 Å². The first-order chi connectivity index (χ1) is 21.9. The fourth-order valence-corrected chi connectivity index (χ4v) is 6.59. The molecule has 1 N–H and O–H groups in total. The molecule has 1 aliphatic rings. The van der Waals surface area contributed by atoms with E-state index in [0.29, 0.717) is 31.1 Å². The van der Waals surface area contributed by atoms with Crippen LogP contribution in [0.3, 0.4) is 0 Å². The molecule has 0 amide bonds. The van der Waals surface area contributed by atoms with Crippen molar-refractivity contribution >= 4 is 5.97 Å². The molecular formula is C41H54O4. The van der Waals surface area contributed by atoms with E-state index < -0.39 is 0 Å². The van der Waals surface area contributed by atoms with E-state index in [0.717, 1.165) is 42.1 Å². The Morgan fingerprint density at radius 3 is 2.24 bits per heavy atom. The monoisotopic (exact) mass is 610 g/mol. The number of unbranched alkanes of at least 4 members (excludes halogenated alkanes) is 3. The Morgan fingerprint density at radius 1 is 0.844 bits per heavy atom. The fraction of sp³-hybridized carbons (Fsp3) is 0.488. The van der Waals surface area contributed by atoms with Gasteiger partial charge in [-0.25, -0.2) is 4.79 Å². The Morgan fingerprint density at radius 2 is 1.56 bits per heavy atom. The van der Waals surface area contributed by atoms with Gasteiger partial charge in [0.2, 0.25) is 0 Å². The summed E-state index contributed by atoms with van der Waals surface area (Å²) >= 11 is 0. The lowest BCUT2D eigenvalue weighted by molar-refractivity contribution is -0.139. The Balaban J connectivity index is 1.38. The van der Waals surface area contributed by atoms with E-state index in [1.165, 1.54) is 79.2 Å². The maximum Gasteiger partial charge on any atom is 0.333 e. The van der Waals surface area contributed by atoms with Crippen LogP contribution in [0.5, 0.6) is 5.75 Å². The number of aliphatic hydroxyl groups is 1. The molecule has 0 radical (unpaired) electrons. The average molecular weight is 611 g/mol. The lowest BCUT2D eigenvalue weighted by Crippen LogP contribution is -2.13. The third kappa shape index (κ3) is 10.3. The highest BCUT2D eigenvalue weighted by Gasteiger charge is 2.22. The van der Waals surface area contributed by atoms with Crippen molar-refractivity contribution in [2.24, 2.45) is 5.92 Å². The van der Waals surface area contributed by atoms with Gasteiger partial charge in [0.05, 0.1) is 13.2 Å². The van der Waals surface area contributed by atoms with E-state index in [-0.39, 0.29) is 12.6 Å². The van der Waals surface area contributed by atoms with Gasteiger partial charge in [0, 0.05) is 12.2 Å². The summed E-state index contributed by atoms with van der Waals surface area (Å²) in [5.74, 6) is 2.16. The van der Waals surface area contributed by atoms with Crippen molar-refractivity contribution in [1.82, 2.24) is 0 Å². The highest BCUT2D eigenvalue weighted by molar-refractivity contribution is 5.86. The molecule has 0 atom stereocenters. The summed E-state index contributed by atoms with van der Waals surface area (Å²) in [6, 6.07) is 22.5. The number of aryl methyl sites for hydroxylation is 2. The third-order valence-electron chi connectivity index (χ3n) is 9.36. The molecule has 3 aromatic rings. The Kier molecular flexibility index (Phi) is 13.8. The first kappa shape index (κ1) is 34.5. The highest BCUT2D eigenvalue weighted by Crippen LogP contribution is 2.39. The molecule has 0 saturated heterocycles. The molecule has 4 rings (SSSR count). The number of rotatable bonds is 17. The van der Waals surface area contributed by atoms with Crippen molar-refractivity contribution in [1.29, 1.82) is 0 Å². The minimum atomic E-state index is -0.348. The van der Waals surface area contributed by atoms with Crippen LogP contribution in [0.25, 0.3) is 22.3 Å². The molecule has 1 aliphatic carbocycles. The van der Waals surface area contributed by atoms with Gasteiger partial charge in [-0.3, -0.25) is 0 Å². The van der Waals surface area contributed by atoms with Gasteiger partial charge < -0.3 is 14.6 Å². The zero-order valence-electron chi connectivity index (χ0n) is 27.9. The highest BCUT2D eigenvalue weighted by atomic mass is 16.5. The van der Waals surface area contributed by atoms with Gasteiger partial charge in [0.1, 0.15) is 5.75 Å². The van der Waals surface area contributed by atoms with Gasteiger partial charge in [-0.1, -0.05) is 93.8 Å². The third-order valence-corrected chi connectivity index (χ3v) is 9.36. The van der Waals surface area contributed by atoms with Crippen molar-refractivity contribution in [2.45, 2.75) is 104 Å². The summed E-state index contributed by atoms with van der Waals surface area (Å²) in [7, 11) is 0. The average Bonchev–Trinajstić information content (AvgIpc) is 3.06. The van der Waals surface area contributed by atoms with Crippen molar-refractivity contribution < 1.29 is 19.4 Å². The smallest absolute Gasteiger partial charge is 0.333 e. The number of carbonyl (C=O) groups is 1. The predicted molar refractivity (Wildman–Crippen MR) is 187 cm³/mol. The zero-order valence-corrected chi connectivity index (χ0v) is 27.9. The number of hydrogen-bond donors (Lipinski definition) is 1. The molecule has 242 valence electrons. The minimum Gasteiger partial charge on any atom is -0.493 e. The van der Waals surface area contributed by atoms with Crippen LogP contribution in [0.15, 0.2) is 72.8 Å². The lowest BCUT2D eigenvalue weighted by atomic mass is 9.77. The van der Waals surface area contributed by atoms with E-state index >= 15 is 0 Å². The van der Waals surface area contributed by atoms with E-state index in [1.54, 1.807) is 6.92 Å². The molecule has 45 heavy (non-hydrogen) atoms. The summed E-state index contributed by atoms with van der Waals surface area (Å²) in [6.07, 6.45) is 13.9. The fourth-order valence-electron chi connectivity index (χ4n) is 6.59. The molecule has 4 nitrogen and oxygen atoms in total. The van der Waals surface area contributed by atoms with Gasteiger partial charge in [0.25, 0.3) is 0 Å². The Labute approximate surface area is 271 Å². The van der Waals surface area contributed by atoms with E-state index in [2.05, 4.69) is 81.1 Å². The Bertz CT molecular complexity index is 1360. The maximum atomic E-state index is 11.6. The number of carbonyl (C=O) groups excluding carboxylic acids is 1. The van der Waals surface area contributed by atoms with E-state index in [1.807, 2.05) is 0 Å². The van der Waals surface area contributed by atoms with Gasteiger partial charge in [-0.2, -0.15) is 0 Å². The second-order valence-electron chi connectivity index (χ2n) is 13.0. The molecule has 4 heteroatoms. The van der Waals surface area contributed by atoms with E-state index in [4.69, 9.17) is 9.47 Å². The summed E-state index contributed by atoms with van der Waals surface area (Å²) in [4.78, 5) is 11.6. The SMILES string of the molecule is C=C(C)C(=O)OCCCCOc1cc(-c2ccc(-c3ccc(C4CCC(CCCCC)CC4)cc3)cc2C)ccc1CCCO. The molecule has 1 fully saturated rings. The van der Waals surface area contributed by atoms with Crippen molar-refractivity contribution in [3.8, 4) is 28.0 Å². The topological polar surface area (TPSA) is 55.8 Å². The Hall–Kier alpha value is -3.37. The number of aliphatic hydroxyl groups excluding tert-OH is 1. The molecule has 1 saturated carbocycles. The zero-order chi connectivity index (χ0) is 32.0. The van der Waals surface area contributed by atoms with Crippen LogP contribution in [0, 0.1) is 12.8 Å². The van der Waals surface area contributed by atoms with Crippen LogP contribution in [-0.2, 0) is 16.0 Å². The summed E-state index contributed by atoms with van der Waals surface area (Å²) in [5, 5.41) is 9.40. The maximum absolute atomic E-state index is 11.6. The van der Waals surface area contributed by atoms with Gasteiger partial charge >= 0.3 is 5.97 Å². The van der Waals surface area contributed by atoms with Gasteiger partial charge in [0.15, 0.2) is 0 Å². The molecular weight excluding hydrogens is 556 g/mol. The van der Waals surface area contributed by atoms with Crippen LogP contribution in [0.2, 0.25) is 0 Å². The second-order valence-corrected chi connectivity index (χ2v) is 13.0. The molecule has 0 unspecified atom stereocenters. The van der Waals surface area contributed by atoms with Crippen LogP contribution in [0.4, 0.5) is 0 Å². The van der Waals surface area contributed by atoms with Gasteiger partial charge in [-0.05, 0) is 122 Å². The largest absolute Gasteiger partial charge is 0.493 e. The van der Waals surface area contributed by atoms with Gasteiger partial charge in [-0.15, -0.1) is 0 Å². The second kappa shape index (κ2) is 17.9. The predicted octanol–water partition coefficient (Wildman–Crippen LogP) is 10.4. The number of benzene rings is 3. The standard InChI is InChI=1S/C41H54O4/c1-5-6-7-11-32-13-15-33(16-14-32)34-17-19-35(20-18-34)37-23-24-39(31(4)28-37)38-22-21-36(12-10-25-42)40(29-38)44-26-8-9-27-45-41(43)30(2)3/h17-24,28-29,32-33,42H,2,5-16,25-27H2,1,3-4H3. The first-order valence-electron chi connectivity index (χ1n) is 17.3. The molecule has 0 spiro atoms. The normalized spacial score (nSPS) is 16.4. The quantitative estimate of drug-likeness (QED) is 0.0938. The lowest BCUT2D eigenvalue weighted by Gasteiger charge is -2.29. The van der Waals surface area contributed by atoms with Crippen LogP contribution < -0.4 is 4.74 Å². The number of ether oxygens (including phenoxy) is 2. The summed E-state index contributed by atoms with van der Waals surface area (Å²) in [5.41, 5.74) is 9.06. The molecule has 0 heterocycles. The van der Waals surface area contributed by atoms with Crippen LogP contribution >= 0.6 is 0 Å².